The Morgan fingerprint density at radius 2 is 1.90 bits per heavy atom. The van der Waals surface area contributed by atoms with Crippen LogP contribution in [-0.2, 0) is 10.0 Å². The Labute approximate surface area is 122 Å². The first-order valence-corrected chi connectivity index (χ1v) is 8.65. The molecular weight excluding hydrogens is 274 g/mol. The largest absolute Gasteiger partial charge is 0.369 e. The predicted molar refractivity (Wildman–Crippen MR) is 82.3 cm³/mol. The smallest absolute Gasteiger partial charge is 0.244 e. The Bertz CT molecular complexity index is 513. The minimum atomic E-state index is -3.55. The maximum Gasteiger partial charge on any atom is 0.244 e. The number of pyridine rings is 1. The average Bonchev–Trinajstić information content (AvgIpc) is 2.40. The van der Waals surface area contributed by atoms with E-state index in [-0.39, 0.29) is 10.9 Å². The lowest BCUT2D eigenvalue weighted by Crippen LogP contribution is -2.38. The van der Waals surface area contributed by atoms with E-state index in [0.29, 0.717) is 18.3 Å². The summed E-state index contributed by atoms with van der Waals surface area (Å²) in [4.78, 5) is 4.30. The van der Waals surface area contributed by atoms with Crippen molar-refractivity contribution < 1.29 is 8.42 Å². The van der Waals surface area contributed by atoms with Crippen LogP contribution in [0.2, 0.25) is 0 Å². The standard InChI is InChI=1S/C14H25N3O2S/c1-5-12(6-2)11(4)17-20(18,19)13-9-8-10-16-14(13)15-7-3/h8-12,17H,5-7H2,1-4H3,(H,15,16). The molecule has 20 heavy (non-hydrogen) atoms. The monoisotopic (exact) mass is 299 g/mol. The van der Waals surface area contributed by atoms with Crippen LogP contribution in [0.4, 0.5) is 5.82 Å². The molecule has 0 aliphatic carbocycles. The van der Waals surface area contributed by atoms with Crippen molar-refractivity contribution in [3.05, 3.63) is 18.3 Å². The molecule has 0 amide bonds. The number of nitrogens with zero attached hydrogens (tertiary/aromatic N) is 1. The second-order valence-electron chi connectivity index (χ2n) is 4.87. The second-order valence-corrected chi connectivity index (χ2v) is 6.55. The van der Waals surface area contributed by atoms with Crippen LogP contribution in [0.3, 0.4) is 0 Å². The molecule has 0 spiro atoms. The van der Waals surface area contributed by atoms with Gasteiger partial charge in [-0.2, -0.15) is 0 Å². The first kappa shape index (κ1) is 16.9. The highest BCUT2D eigenvalue weighted by atomic mass is 32.2. The Hall–Kier alpha value is -1.14. The van der Waals surface area contributed by atoms with Gasteiger partial charge in [-0.15, -0.1) is 0 Å². The molecule has 6 heteroatoms. The van der Waals surface area contributed by atoms with Crippen molar-refractivity contribution in [1.82, 2.24) is 9.71 Å². The van der Waals surface area contributed by atoms with Gasteiger partial charge < -0.3 is 5.32 Å². The van der Waals surface area contributed by atoms with Gasteiger partial charge in [0.2, 0.25) is 10.0 Å². The Morgan fingerprint density at radius 3 is 2.45 bits per heavy atom. The second kappa shape index (κ2) is 7.59. The van der Waals surface area contributed by atoms with Gasteiger partial charge in [-0.05, 0) is 31.9 Å². The van der Waals surface area contributed by atoms with Crippen molar-refractivity contribution in [1.29, 1.82) is 0 Å². The summed E-state index contributed by atoms with van der Waals surface area (Å²) < 4.78 is 27.7. The van der Waals surface area contributed by atoms with Crippen LogP contribution in [0.25, 0.3) is 0 Å². The van der Waals surface area contributed by atoms with Gasteiger partial charge >= 0.3 is 0 Å². The number of hydrogen-bond donors (Lipinski definition) is 2. The average molecular weight is 299 g/mol. The van der Waals surface area contributed by atoms with E-state index < -0.39 is 10.0 Å². The SMILES string of the molecule is CCNc1ncccc1S(=O)(=O)NC(C)C(CC)CC. The van der Waals surface area contributed by atoms with Crippen molar-refractivity contribution >= 4 is 15.8 Å². The van der Waals surface area contributed by atoms with Crippen molar-refractivity contribution in [3.8, 4) is 0 Å². The molecule has 1 aromatic heterocycles. The van der Waals surface area contributed by atoms with Crippen LogP contribution in [0.5, 0.6) is 0 Å². The van der Waals surface area contributed by atoms with E-state index in [1.54, 1.807) is 18.3 Å². The molecule has 0 radical (unpaired) electrons. The van der Waals surface area contributed by atoms with Gasteiger partial charge in [-0.1, -0.05) is 26.7 Å². The van der Waals surface area contributed by atoms with Gasteiger partial charge in [-0.3, -0.25) is 0 Å². The third kappa shape index (κ3) is 4.18. The van der Waals surface area contributed by atoms with Crippen LogP contribution in [0.1, 0.15) is 40.5 Å². The maximum absolute atomic E-state index is 12.5. The lowest BCUT2D eigenvalue weighted by Gasteiger charge is -2.22. The van der Waals surface area contributed by atoms with E-state index in [2.05, 4.69) is 28.9 Å². The zero-order valence-corrected chi connectivity index (χ0v) is 13.5. The molecule has 0 bridgehead atoms. The topological polar surface area (TPSA) is 71.1 Å². The molecule has 5 nitrogen and oxygen atoms in total. The van der Waals surface area contributed by atoms with E-state index in [0.717, 1.165) is 12.8 Å². The Kier molecular flexibility index (Phi) is 6.42. The molecule has 0 saturated heterocycles. The number of anilines is 1. The first-order valence-electron chi connectivity index (χ1n) is 7.17. The predicted octanol–water partition coefficient (Wildman–Crippen LogP) is 2.62. The van der Waals surface area contributed by atoms with Crippen molar-refractivity contribution in [3.63, 3.8) is 0 Å². The normalized spacial score (nSPS) is 13.4. The summed E-state index contributed by atoms with van der Waals surface area (Å²) in [7, 11) is -3.55. The molecule has 1 heterocycles. The van der Waals surface area contributed by atoms with Crippen molar-refractivity contribution in [2.45, 2.75) is 51.5 Å². The van der Waals surface area contributed by atoms with E-state index in [4.69, 9.17) is 0 Å². The Balaban J connectivity index is 2.99. The fourth-order valence-corrected chi connectivity index (χ4v) is 3.75. The van der Waals surface area contributed by atoms with E-state index in [1.165, 1.54) is 0 Å². The third-order valence-corrected chi connectivity index (χ3v) is 5.09. The molecule has 114 valence electrons. The molecule has 1 rings (SSSR count). The minimum absolute atomic E-state index is 0.0929. The van der Waals surface area contributed by atoms with Crippen LogP contribution in [-0.4, -0.2) is 26.0 Å². The molecule has 0 aliphatic rings. The van der Waals surface area contributed by atoms with Crippen molar-refractivity contribution in [2.24, 2.45) is 5.92 Å². The van der Waals surface area contributed by atoms with Crippen LogP contribution in [0, 0.1) is 5.92 Å². The summed E-state index contributed by atoms with van der Waals surface area (Å²) in [6.07, 6.45) is 3.49. The van der Waals surface area contributed by atoms with Crippen LogP contribution >= 0.6 is 0 Å². The van der Waals surface area contributed by atoms with Gasteiger partial charge in [0.05, 0.1) is 0 Å². The van der Waals surface area contributed by atoms with E-state index in [9.17, 15) is 8.42 Å². The fraction of sp³-hybridized carbons (Fsp3) is 0.643. The highest BCUT2D eigenvalue weighted by molar-refractivity contribution is 7.89. The van der Waals surface area contributed by atoms with E-state index >= 15 is 0 Å². The molecule has 0 aromatic carbocycles. The van der Waals surface area contributed by atoms with Gasteiger partial charge in [0.15, 0.2) is 0 Å². The van der Waals surface area contributed by atoms with Gasteiger partial charge in [0, 0.05) is 18.8 Å². The zero-order chi connectivity index (χ0) is 15.2. The molecule has 1 aromatic rings. The molecule has 1 atom stereocenters. The number of rotatable bonds is 8. The summed E-state index contributed by atoms with van der Waals surface area (Å²) in [5, 5.41) is 2.98. The molecule has 0 fully saturated rings. The van der Waals surface area contributed by atoms with Crippen LogP contribution in [0.15, 0.2) is 23.2 Å². The van der Waals surface area contributed by atoms with Gasteiger partial charge in [0.1, 0.15) is 10.7 Å². The quantitative estimate of drug-likeness (QED) is 0.774. The number of nitrogens with one attached hydrogen (secondary N) is 2. The van der Waals surface area contributed by atoms with Crippen LogP contribution < -0.4 is 10.0 Å². The van der Waals surface area contributed by atoms with E-state index in [1.807, 2.05) is 13.8 Å². The Morgan fingerprint density at radius 1 is 1.25 bits per heavy atom. The summed E-state index contributed by atoms with van der Waals surface area (Å²) in [6, 6.07) is 3.12. The van der Waals surface area contributed by atoms with Crippen molar-refractivity contribution in [2.75, 3.05) is 11.9 Å². The summed E-state index contributed by atoms with van der Waals surface area (Å²) >= 11 is 0. The lowest BCUT2D eigenvalue weighted by atomic mass is 9.96. The number of aromatic nitrogens is 1. The lowest BCUT2D eigenvalue weighted by molar-refractivity contribution is 0.391. The highest BCUT2D eigenvalue weighted by Crippen LogP contribution is 2.20. The zero-order valence-electron chi connectivity index (χ0n) is 12.7. The minimum Gasteiger partial charge on any atom is -0.369 e. The van der Waals surface area contributed by atoms with Gasteiger partial charge in [0.25, 0.3) is 0 Å². The first-order chi connectivity index (χ1) is 9.46. The summed E-state index contributed by atoms with van der Waals surface area (Å²) in [5.41, 5.74) is 0. The summed E-state index contributed by atoms with van der Waals surface area (Å²) in [6.45, 7) is 8.60. The molecule has 2 N–H and O–H groups in total. The summed E-state index contributed by atoms with van der Waals surface area (Å²) in [5.74, 6) is 0.739. The maximum atomic E-state index is 12.5. The number of hydrogen-bond acceptors (Lipinski definition) is 4. The third-order valence-electron chi connectivity index (χ3n) is 3.50. The molecule has 1 unspecified atom stereocenters. The van der Waals surface area contributed by atoms with Gasteiger partial charge in [-0.25, -0.2) is 18.1 Å². The number of sulfonamides is 1. The molecular formula is C14H25N3O2S. The molecule has 0 saturated carbocycles. The molecule has 0 aliphatic heterocycles. The fourth-order valence-electron chi connectivity index (χ4n) is 2.31. The highest BCUT2D eigenvalue weighted by Gasteiger charge is 2.24.